The van der Waals surface area contributed by atoms with Crippen molar-refractivity contribution in [3.05, 3.63) is 35.3 Å². The van der Waals surface area contributed by atoms with Gasteiger partial charge in [-0.05, 0) is 25.5 Å². The van der Waals surface area contributed by atoms with Gasteiger partial charge in [-0.1, -0.05) is 0 Å². The highest BCUT2D eigenvalue weighted by atomic mass is 15.3. The van der Waals surface area contributed by atoms with E-state index in [1.54, 1.807) is 6.20 Å². The van der Waals surface area contributed by atoms with Crippen molar-refractivity contribution in [2.75, 3.05) is 11.1 Å². The number of rotatable bonds is 3. The number of nitrogens with two attached hydrogens (primary N) is 1. The largest absolute Gasteiger partial charge is 0.397 e. The van der Waals surface area contributed by atoms with Gasteiger partial charge in [-0.3, -0.25) is 4.68 Å². The Morgan fingerprint density at radius 1 is 1.41 bits per heavy atom. The molecule has 0 saturated heterocycles. The summed E-state index contributed by atoms with van der Waals surface area (Å²) in [5.74, 6) is 0.863. The summed E-state index contributed by atoms with van der Waals surface area (Å²) in [5.41, 5.74) is 9.60. The molecule has 0 fully saturated rings. The molecule has 3 N–H and O–H groups in total. The maximum atomic E-state index is 5.66. The first-order valence-corrected chi connectivity index (χ1v) is 5.51. The molecule has 90 valence electrons. The van der Waals surface area contributed by atoms with E-state index in [1.165, 1.54) is 5.56 Å². The van der Waals surface area contributed by atoms with Crippen molar-refractivity contribution in [2.24, 2.45) is 7.05 Å². The molecule has 2 heterocycles. The molecule has 5 nitrogen and oxygen atoms in total. The van der Waals surface area contributed by atoms with Crippen LogP contribution in [0, 0.1) is 13.8 Å². The van der Waals surface area contributed by atoms with E-state index in [0.717, 1.165) is 23.6 Å². The second kappa shape index (κ2) is 4.45. The number of hydrogen-bond acceptors (Lipinski definition) is 4. The van der Waals surface area contributed by atoms with Crippen LogP contribution >= 0.6 is 0 Å². The molecule has 2 rings (SSSR count). The van der Waals surface area contributed by atoms with Gasteiger partial charge in [-0.15, -0.1) is 0 Å². The molecular weight excluding hydrogens is 214 g/mol. The van der Waals surface area contributed by atoms with E-state index in [9.17, 15) is 0 Å². The molecule has 0 atom stereocenters. The minimum atomic E-state index is 0.686. The Morgan fingerprint density at radius 2 is 2.18 bits per heavy atom. The number of hydrogen-bond donors (Lipinski definition) is 2. The Balaban J connectivity index is 2.10. The predicted molar refractivity (Wildman–Crippen MR) is 68.7 cm³/mol. The first-order valence-electron chi connectivity index (χ1n) is 5.51. The molecule has 0 aliphatic rings. The summed E-state index contributed by atoms with van der Waals surface area (Å²) < 4.78 is 1.82. The predicted octanol–water partition coefficient (Wildman–Crippen LogP) is 1.63. The van der Waals surface area contributed by atoms with Crippen LogP contribution < -0.4 is 11.1 Å². The smallest absolute Gasteiger partial charge is 0.129 e. The highest BCUT2D eigenvalue weighted by molar-refractivity contribution is 5.51. The Morgan fingerprint density at radius 3 is 2.76 bits per heavy atom. The van der Waals surface area contributed by atoms with Crippen LogP contribution in [0.4, 0.5) is 11.5 Å². The average Bonchev–Trinajstić information content (AvgIpc) is 2.56. The monoisotopic (exact) mass is 231 g/mol. The molecule has 0 unspecified atom stereocenters. The fourth-order valence-corrected chi connectivity index (χ4v) is 1.78. The number of pyridine rings is 1. The fraction of sp³-hybridized carbons (Fsp3) is 0.333. The normalized spacial score (nSPS) is 10.5. The molecule has 0 aromatic carbocycles. The minimum absolute atomic E-state index is 0.686. The number of aryl methyl sites for hydroxylation is 3. The molecule has 0 aliphatic carbocycles. The lowest BCUT2D eigenvalue weighted by Gasteiger charge is -2.08. The summed E-state index contributed by atoms with van der Waals surface area (Å²) in [4.78, 5) is 4.27. The van der Waals surface area contributed by atoms with Gasteiger partial charge in [0.05, 0.1) is 17.6 Å². The van der Waals surface area contributed by atoms with Crippen LogP contribution in [0.25, 0.3) is 0 Å². The quantitative estimate of drug-likeness (QED) is 0.842. The standard InChI is InChI=1S/C12H17N5/c1-8-4-11(13)6-15-12(8)14-5-10-7-17(3)16-9(10)2/h4,6-7H,5,13H2,1-3H3,(H,14,15). The van der Waals surface area contributed by atoms with Gasteiger partial charge >= 0.3 is 0 Å². The molecule has 0 aliphatic heterocycles. The summed E-state index contributed by atoms with van der Waals surface area (Å²) in [6.45, 7) is 4.71. The zero-order chi connectivity index (χ0) is 12.4. The van der Waals surface area contributed by atoms with Gasteiger partial charge in [0.1, 0.15) is 5.82 Å². The van der Waals surface area contributed by atoms with Crippen molar-refractivity contribution < 1.29 is 0 Å². The van der Waals surface area contributed by atoms with E-state index in [4.69, 9.17) is 5.73 Å². The van der Waals surface area contributed by atoms with Crippen molar-refractivity contribution in [3.8, 4) is 0 Å². The molecule has 0 spiro atoms. The van der Waals surface area contributed by atoms with Crippen LogP contribution in [-0.4, -0.2) is 14.8 Å². The van der Waals surface area contributed by atoms with Crippen molar-refractivity contribution >= 4 is 11.5 Å². The Bertz CT molecular complexity index is 530. The molecule has 2 aromatic rings. The lowest BCUT2D eigenvalue weighted by Crippen LogP contribution is -2.04. The van der Waals surface area contributed by atoms with Gasteiger partial charge < -0.3 is 11.1 Å². The molecule has 0 amide bonds. The topological polar surface area (TPSA) is 68.8 Å². The SMILES string of the molecule is Cc1cc(N)cnc1NCc1cn(C)nc1C. The van der Waals surface area contributed by atoms with Gasteiger partial charge in [0.15, 0.2) is 0 Å². The van der Waals surface area contributed by atoms with Gasteiger partial charge in [0.2, 0.25) is 0 Å². The van der Waals surface area contributed by atoms with E-state index in [1.807, 2.05) is 37.8 Å². The number of nitrogen functional groups attached to an aromatic ring is 1. The minimum Gasteiger partial charge on any atom is -0.397 e. The van der Waals surface area contributed by atoms with Crippen molar-refractivity contribution in [2.45, 2.75) is 20.4 Å². The third kappa shape index (κ3) is 2.55. The molecule has 0 saturated carbocycles. The number of nitrogens with zero attached hydrogens (tertiary/aromatic N) is 3. The molecular formula is C12H17N5. The molecule has 0 radical (unpaired) electrons. The lowest BCUT2D eigenvalue weighted by molar-refractivity contribution is 0.756. The molecule has 17 heavy (non-hydrogen) atoms. The number of anilines is 2. The van der Waals surface area contributed by atoms with Crippen LogP contribution in [0.1, 0.15) is 16.8 Å². The number of aromatic nitrogens is 3. The first kappa shape index (κ1) is 11.4. The van der Waals surface area contributed by atoms with Crippen LogP contribution in [0.2, 0.25) is 0 Å². The molecule has 5 heteroatoms. The fourth-order valence-electron chi connectivity index (χ4n) is 1.78. The van der Waals surface area contributed by atoms with E-state index in [0.29, 0.717) is 5.69 Å². The second-order valence-corrected chi connectivity index (χ2v) is 4.20. The first-order chi connectivity index (χ1) is 8.06. The Kier molecular flexibility index (Phi) is 2.99. The van der Waals surface area contributed by atoms with Crippen LogP contribution in [0.5, 0.6) is 0 Å². The molecule has 2 aromatic heterocycles. The van der Waals surface area contributed by atoms with E-state index in [-0.39, 0.29) is 0 Å². The average molecular weight is 231 g/mol. The van der Waals surface area contributed by atoms with Crippen molar-refractivity contribution in [3.63, 3.8) is 0 Å². The molecule has 0 bridgehead atoms. The van der Waals surface area contributed by atoms with Gasteiger partial charge in [0.25, 0.3) is 0 Å². The lowest BCUT2D eigenvalue weighted by atomic mass is 10.2. The van der Waals surface area contributed by atoms with Gasteiger partial charge in [-0.2, -0.15) is 5.10 Å². The summed E-state index contributed by atoms with van der Waals surface area (Å²) in [6.07, 6.45) is 3.67. The van der Waals surface area contributed by atoms with Crippen LogP contribution in [0.15, 0.2) is 18.5 Å². The highest BCUT2D eigenvalue weighted by Crippen LogP contribution is 2.15. The maximum Gasteiger partial charge on any atom is 0.129 e. The van der Waals surface area contributed by atoms with E-state index < -0.39 is 0 Å². The Labute approximate surface area is 101 Å². The van der Waals surface area contributed by atoms with E-state index in [2.05, 4.69) is 15.4 Å². The zero-order valence-electron chi connectivity index (χ0n) is 10.4. The zero-order valence-corrected chi connectivity index (χ0v) is 10.4. The van der Waals surface area contributed by atoms with E-state index >= 15 is 0 Å². The summed E-state index contributed by atoms with van der Waals surface area (Å²) >= 11 is 0. The number of nitrogens with one attached hydrogen (secondary N) is 1. The third-order valence-corrected chi connectivity index (χ3v) is 2.66. The van der Waals surface area contributed by atoms with Crippen molar-refractivity contribution in [1.82, 2.24) is 14.8 Å². The van der Waals surface area contributed by atoms with Gasteiger partial charge in [0, 0.05) is 25.4 Å². The Hall–Kier alpha value is -2.04. The van der Waals surface area contributed by atoms with Crippen LogP contribution in [0.3, 0.4) is 0 Å². The van der Waals surface area contributed by atoms with Gasteiger partial charge in [-0.25, -0.2) is 4.98 Å². The summed E-state index contributed by atoms with van der Waals surface area (Å²) in [7, 11) is 1.92. The second-order valence-electron chi connectivity index (χ2n) is 4.20. The highest BCUT2D eigenvalue weighted by Gasteiger charge is 2.04. The van der Waals surface area contributed by atoms with Crippen LogP contribution in [-0.2, 0) is 13.6 Å². The summed E-state index contributed by atoms with van der Waals surface area (Å²) in [5, 5.41) is 7.59. The summed E-state index contributed by atoms with van der Waals surface area (Å²) in [6, 6.07) is 1.91. The van der Waals surface area contributed by atoms with Crippen molar-refractivity contribution in [1.29, 1.82) is 0 Å². The maximum absolute atomic E-state index is 5.66. The third-order valence-electron chi connectivity index (χ3n) is 2.66.